The number of thioether (sulfide) groups is 1. The van der Waals surface area contributed by atoms with Gasteiger partial charge in [0.25, 0.3) is 0 Å². The summed E-state index contributed by atoms with van der Waals surface area (Å²) in [5, 5.41) is 3.56. The minimum Gasteiger partial charge on any atom is -0.497 e. The van der Waals surface area contributed by atoms with Gasteiger partial charge in [0.15, 0.2) is 5.16 Å². The van der Waals surface area contributed by atoms with E-state index in [1.807, 2.05) is 36.4 Å². The first-order valence-corrected chi connectivity index (χ1v) is 9.12. The number of nitrogens with zero attached hydrogens (tertiary/aromatic N) is 3. The highest BCUT2D eigenvalue weighted by Gasteiger charge is 2.11. The Hall–Kier alpha value is -2.65. The van der Waals surface area contributed by atoms with Crippen molar-refractivity contribution >= 4 is 57.2 Å². The van der Waals surface area contributed by atoms with Gasteiger partial charge in [0.2, 0.25) is 5.91 Å². The summed E-state index contributed by atoms with van der Waals surface area (Å²) in [6, 6.07) is 11.1. The normalized spacial score (nSPS) is 11.1. The number of amides is 1. The largest absolute Gasteiger partial charge is 0.497 e. The number of carbonyl (C=O) groups is 1. The number of carbonyl (C=O) groups excluding carboxylic acids is 1. The van der Waals surface area contributed by atoms with Crippen molar-refractivity contribution in [1.29, 1.82) is 0 Å². The lowest BCUT2D eigenvalue weighted by molar-refractivity contribution is -0.113. The molecule has 126 valence electrons. The van der Waals surface area contributed by atoms with E-state index in [1.54, 1.807) is 7.11 Å². The highest BCUT2D eigenvalue weighted by Crippen LogP contribution is 2.24. The number of rotatable bonds is 5. The van der Waals surface area contributed by atoms with Crippen molar-refractivity contribution in [3.63, 3.8) is 0 Å². The molecule has 25 heavy (non-hydrogen) atoms. The molecule has 0 saturated heterocycles. The molecule has 0 radical (unpaired) electrons. The number of methoxy groups -OCH3 is 1. The van der Waals surface area contributed by atoms with Crippen LogP contribution in [0.1, 0.15) is 0 Å². The fraction of sp³-hybridized carbons (Fsp3) is 0.125. The Morgan fingerprint density at radius 3 is 3.08 bits per heavy atom. The average Bonchev–Trinajstić information content (AvgIpc) is 3.26. The molecule has 0 aliphatic rings. The van der Waals surface area contributed by atoms with E-state index in [0.717, 1.165) is 34.0 Å². The number of hydrogen-bond donors (Lipinski definition) is 2. The third-order valence-electron chi connectivity index (χ3n) is 3.57. The van der Waals surface area contributed by atoms with Crippen molar-refractivity contribution in [3.05, 3.63) is 36.4 Å². The van der Waals surface area contributed by atoms with E-state index in [-0.39, 0.29) is 11.7 Å². The molecule has 1 amide bonds. The minimum atomic E-state index is -0.122. The van der Waals surface area contributed by atoms with Crippen molar-refractivity contribution < 1.29 is 9.53 Å². The van der Waals surface area contributed by atoms with Gasteiger partial charge >= 0.3 is 0 Å². The second kappa shape index (κ2) is 6.69. The Kier molecular flexibility index (Phi) is 4.24. The van der Waals surface area contributed by atoms with Crippen LogP contribution >= 0.6 is 23.5 Å². The van der Waals surface area contributed by atoms with Crippen LogP contribution in [0.5, 0.6) is 5.75 Å². The summed E-state index contributed by atoms with van der Waals surface area (Å²) in [5.41, 5.74) is 3.87. The monoisotopic (exact) mass is 371 g/mol. The summed E-state index contributed by atoms with van der Waals surface area (Å²) >= 11 is 2.47. The molecule has 0 atom stereocenters. The second-order valence-electron chi connectivity index (χ2n) is 5.20. The zero-order valence-corrected chi connectivity index (χ0v) is 14.8. The molecular weight excluding hydrogens is 358 g/mol. The number of hydrogen-bond acceptors (Lipinski definition) is 7. The van der Waals surface area contributed by atoms with Crippen molar-refractivity contribution in [1.82, 2.24) is 18.7 Å². The maximum Gasteiger partial charge on any atom is 0.234 e. The molecule has 2 N–H and O–H groups in total. The van der Waals surface area contributed by atoms with Gasteiger partial charge in [-0.15, -0.1) is 0 Å². The van der Waals surface area contributed by atoms with Gasteiger partial charge < -0.3 is 15.0 Å². The molecule has 0 fully saturated rings. The van der Waals surface area contributed by atoms with Crippen LogP contribution in [-0.4, -0.2) is 37.5 Å². The number of anilines is 1. The molecule has 9 heteroatoms. The zero-order chi connectivity index (χ0) is 17.2. The van der Waals surface area contributed by atoms with Gasteiger partial charge in [0, 0.05) is 6.07 Å². The predicted octanol–water partition coefficient (Wildman–Crippen LogP) is 3.31. The minimum absolute atomic E-state index is 0.122. The predicted molar refractivity (Wildman–Crippen MR) is 99.4 cm³/mol. The van der Waals surface area contributed by atoms with E-state index in [0.29, 0.717) is 16.4 Å². The van der Waals surface area contributed by atoms with Crippen LogP contribution in [-0.2, 0) is 4.79 Å². The van der Waals surface area contributed by atoms with Gasteiger partial charge in [-0.05, 0) is 24.3 Å². The molecule has 0 saturated carbocycles. The fourth-order valence-corrected chi connectivity index (χ4v) is 3.62. The van der Waals surface area contributed by atoms with Gasteiger partial charge in [0.1, 0.15) is 16.8 Å². The standard InChI is InChI=1S/C16H13N5O2S2/c1-23-9-5-6-10-13(7-9)19-16(18-10)24-8-14(22)17-11-3-2-4-12-15(11)21-25-20-12/h2-7H,8H2,1H3,(H,17,22)(H,18,19). The van der Waals surface area contributed by atoms with Crippen molar-refractivity contribution in [2.24, 2.45) is 0 Å². The third kappa shape index (κ3) is 3.28. The Bertz CT molecular complexity index is 1060. The van der Waals surface area contributed by atoms with Gasteiger partial charge in [-0.1, -0.05) is 17.8 Å². The van der Waals surface area contributed by atoms with E-state index in [9.17, 15) is 4.79 Å². The molecule has 7 nitrogen and oxygen atoms in total. The third-order valence-corrected chi connectivity index (χ3v) is 4.98. The lowest BCUT2D eigenvalue weighted by Gasteiger charge is -2.04. The Balaban J connectivity index is 1.44. The molecule has 2 heterocycles. The van der Waals surface area contributed by atoms with E-state index < -0.39 is 0 Å². The Morgan fingerprint density at radius 1 is 1.28 bits per heavy atom. The maximum absolute atomic E-state index is 12.2. The van der Waals surface area contributed by atoms with Crippen molar-refractivity contribution in [3.8, 4) is 5.75 Å². The summed E-state index contributed by atoms with van der Waals surface area (Å²) in [6.45, 7) is 0. The first-order chi connectivity index (χ1) is 12.2. The quantitative estimate of drug-likeness (QED) is 0.523. The number of benzene rings is 2. The summed E-state index contributed by atoms with van der Waals surface area (Å²) in [4.78, 5) is 19.9. The zero-order valence-electron chi connectivity index (χ0n) is 13.1. The summed E-state index contributed by atoms with van der Waals surface area (Å²) in [6.07, 6.45) is 0. The van der Waals surface area contributed by atoms with Gasteiger partial charge in [-0.3, -0.25) is 4.79 Å². The Morgan fingerprint density at radius 2 is 2.20 bits per heavy atom. The number of ether oxygens (including phenoxy) is 1. The lowest BCUT2D eigenvalue weighted by atomic mass is 10.2. The summed E-state index contributed by atoms with van der Waals surface area (Å²) in [5.74, 6) is 0.879. The first kappa shape index (κ1) is 15.9. The number of aromatic amines is 1. The SMILES string of the molecule is COc1ccc2nc(SCC(=O)Nc3cccc4nsnc34)[nH]c2c1. The van der Waals surface area contributed by atoms with Crippen LogP contribution in [0, 0.1) is 0 Å². The van der Waals surface area contributed by atoms with Gasteiger partial charge in [-0.2, -0.15) is 8.75 Å². The van der Waals surface area contributed by atoms with Crippen LogP contribution in [0.2, 0.25) is 0 Å². The topological polar surface area (TPSA) is 92.8 Å². The number of imidazole rings is 1. The number of nitrogens with one attached hydrogen (secondary N) is 2. The molecule has 0 aliphatic heterocycles. The molecular formula is C16H13N5O2S2. The summed E-state index contributed by atoms with van der Waals surface area (Å²) < 4.78 is 13.6. The Labute approximate surface area is 151 Å². The fourth-order valence-electron chi connectivity index (χ4n) is 2.39. The van der Waals surface area contributed by atoms with Gasteiger partial charge in [-0.25, -0.2) is 4.98 Å². The number of H-pyrrole nitrogens is 1. The first-order valence-electron chi connectivity index (χ1n) is 7.40. The van der Waals surface area contributed by atoms with Crippen LogP contribution in [0.4, 0.5) is 5.69 Å². The van der Waals surface area contributed by atoms with Gasteiger partial charge in [0.05, 0.1) is 41.3 Å². The van der Waals surface area contributed by atoms with E-state index >= 15 is 0 Å². The van der Waals surface area contributed by atoms with E-state index in [4.69, 9.17) is 4.74 Å². The average molecular weight is 371 g/mol. The van der Waals surface area contributed by atoms with Crippen LogP contribution < -0.4 is 10.1 Å². The van der Waals surface area contributed by atoms with E-state index in [2.05, 4.69) is 24.0 Å². The summed E-state index contributed by atoms with van der Waals surface area (Å²) in [7, 11) is 1.62. The molecule has 0 unspecified atom stereocenters. The number of aromatic nitrogens is 4. The molecule has 2 aromatic carbocycles. The molecule has 2 aromatic heterocycles. The van der Waals surface area contributed by atoms with E-state index in [1.165, 1.54) is 11.8 Å². The smallest absolute Gasteiger partial charge is 0.234 e. The highest BCUT2D eigenvalue weighted by atomic mass is 32.2. The maximum atomic E-state index is 12.2. The van der Waals surface area contributed by atoms with Crippen LogP contribution in [0.15, 0.2) is 41.6 Å². The molecule has 0 bridgehead atoms. The molecule has 4 rings (SSSR count). The number of fused-ring (bicyclic) bond motifs is 2. The van der Waals surface area contributed by atoms with Crippen LogP contribution in [0.25, 0.3) is 22.1 Å². The lowest BCUT2D eigenvalue weighted by Crippen LogP contribution is -2.14. The molecule has 4 aromatic rings. The molecule has 0 spiro atoms. The van der Waals surface area contributed by atoms with Crippen molar-refractivity contribution in [2.75, 3.05) is 18.2 Å². The van der Waals surface area contributed by atoms with Crippen molar-refractivity contribution in [2.45, 2.75) is 5.16 Å². The van der Waals surface area contributed by atoms with Crippen LogP contribution in [0.3, 0.4) is 0 Å². The molecule has 0 aliphatic carbocycles. The second-order valence-corrected chi connectivity index (χ2v) is 6.69. The highest BCUT2D eigenvalue weighted by molar-refractivity contribution is 7.99.